The molecule has 0 aromatic carbocycles. The molecule has 1 N–H and O–H groups in total. The van der Waals surface area contributed by atoms with Gasteiger partial charge in [0.25, 0.3) is 0 Å². The van der Waals surface area contributed by atoms with Gasteiger partial charge in [-0.15, -0.1) is 0 Å². The van der Waals surface area contributed by atoms with Crippen LogP contribution in [-0.4, -0.2) is 18.5 Å². The third-order valence-electron chi connectivity index (χ3n) is 3.46. The molecule has 1 nitrogen and oxygen atoms in total. The normalized spacial score (nSPS) is 37.0. The lowest BCUT2D eigenvalue weighted by molar-refractivity contribution is 0.0697. The fraction of sp³-hybridized carbons (Fsp3) is 1.00. The first-order chi connectivity index (χ1) is 6.37. The maximum absolute atomic E-state index is 9.73. The van der Waals surface area contributed by atoms with Crippen LogP contribution in [0.3, 0.4) is 0 Å². The lowest BCUT2D eigenvalue weighted by Gasteiger charge is -2.35. The highest BCUT2D eigenvalue weighted by Crippen LogP contribution is 2.49. The lowest BCUT2D eigenvalue weighted by Crippen LogP contribution is -2.33. The molecule has 1 saturated carbocycles. The SMILES string of the molecule is [B]C(C)(O)CC1(CCC)CCC(C)C1. The molecular weight excluding hydrogens is 171 g/mol. The van der Waals surface area contributed by atoms with E-state index in [9.17, 15) is 5.11 Å². The third-order valence-corrected chi connectivity index (χ3v) is 3.46. The highest BCUT2D eigenvalue weighted by atomic mass is 16.3. The molecule has 80 valence electrons. The van der Waals surface area contributed by atoms with Gasteiger partial charge in [0, 0.05) is 5.50 Å². The molecule has 1 aliphatic carbocycles. The molecule has 1 rings (SSSR count). The van der Waals surface area contributed by atoms with E-state index in [0.29, 0.717) is 5.41 Å². The minimum Gasteiger partial charge on any atom is -0.400 e. The minimum absolute atomic E-state index is 0.326. The summed E-state index contributed by atoms with van der Waals surface area (Å²) in [6.07, 6.45) is 6.96. The van der Waals surface area contributed by atoms with Crippen LogP contribution in [0.25, 0.3) is 0 Å². The Kier molecular flexibility index (Phi) is 3.68. The van der Waals surface area contributed by atoms with Gasteiger partial charge in [-0.25, -0.2) is 0 Å². The average Bonchev–Trinajstić information content (AvgIpc) is 2.28. The van der Waals surface area contributed by atoms with Gasteiger partial charge < -0.3 is 5.11 Å². The van der Waals surface area contributed by atoms with Gasteiger partial charge in [0.2, 0.25) is 0 Å². The summed E-state index contributed by atoms with van der Waals surface area (Å²) in [6.45, 7) is 6.26. The maximum atomic E-state index is 9.73. The van der Waals surface area contributed by atoms with Gasteiger partial charge in [-0.3, -0.25) is 0 Å². The van der Waals surface area contributed by atoms with E-state index in [2.05, 4.69) is 13.8 Å². The van der Waals surface area contributed by atoms with Crippen molar-refractivity contribution in [2.45, 2.75) is 64.8 Å². The third kappa shape index (κ3) is 3.31. The Morgan fingerprint density at radius 3 is 2.57 bits per heavy atom. The van der Waals surface area contributed by atoms with Crippen LogP contribution in [0.1, 0.15) is 59.3 Å². The molecule has 0 bridgehead atoms. The van der Waals surface area contributed by atoms with Crippen LogP contribution in [0.2, 0.25) is 0 Å². The number of hydrogen-bond donors (Lipinski definition) is 1. The average molecular weight is 194 g/mol. The van der Waals surface area contributed by atoms with Crippen LogP contribution in [0.4, 0.5) is 0 Å². The van der Waals surface area contributed by atoms with Crippen molar-refractivity contribution >= 4 is 7.85 Å². The van der Waals surface area contributed by atoms with Crippen molar-refractivity contribution in [2.75, 3.05) is 0 Å². The first-order valence-electron chi connectivity index (χ1n) is 5.88. The van der Waals surface area contributed by atoms with Gasteiger partial charge in [-0.2, -0.15) is 0 Å². The Balaban J connectivity index is 2.63. The molecule has 2 radical (unpaired) electrons. The van der Waals surface area contributed by atoms with Crippen molar-refractivity contribution in [3.63, 3.8) is 0 Å². The maximum Gasteiger partial charge on any atom is 0.112 e. The summed E-state index contributed by atoms with van der Waals surface area (Å²) in [6, 6.07) is 0. The fourth-order valence-corrected chi connectivity index (χ4v) is 3.26. The molecular formula is C12H23BO. The predicted octanol–water partition coefficient (Wildman–Crippen LogP) is 2.86. The van der Waals surface area contributed by atoms with Crippen molar-refractivity contribution in [1.29, 1.82) is 0 Å². The topological polar surface area (TPSA) is 20.2 Å². The number of rotatable bonds is 4. The van der Waals surface area contributed by atoms with Gasteiger partial charge >= 0.3 is 0 Å². The molecule has 2 heteroatoms. The second-order valence-electron chi connectivity index (χ2n) is 5.63. The second kappa shape index (κ2) is 4.26. The van der Waals surface area contributed by atoms with Crippen LogP contribution in [-0.2, 0) is 0 Å². The zero-order valence-electron chi connectivity index (χ0n) is 9.84. The monoisotopic (exact) mass is 194 g/mol. The minimum atomic E-state index is -0.987. The van der Waals surface area contributed by atoms with Crippen LogP contribution >= 0.6 is 0 Å². The molecule has 0 spiro atoms. The van der Waals surface area contributed by atoms with E-state index in [1.165, 1.54) is 32.1 Å². The van der Waals surface area contributed by atoms with Gasteiger partial charge in [0.05, 0.1) is 0 Å². The number of aliphatic hydroxyl groups is 1. The quantitative estimate of drug-likeness (QED) is 0.682. The van der Waals surface area contributed by atoms with Gasteiger partial charge in [-0.1, -0.05) is 26.7 Å². The van der Waals surface area contributed by atoms with E-state index in [4.69, 9.17) is 7.85 Å². The Morgan fingerprint density at radius 2 is 2.21 bits per heavy atom. The summed E-state index contributed by atoms with van der Waals surface area (Å²) in [5.74, 6) is 0.809. The van der Waals surface area contributed by atoms with Crippen LogP contribution in [0.5, 0.6) is 0 Å². The summed E-state index contributed by atoms with van der Waals surface area (Å²) in [4.78, 5) is 0. The summed E-state index contributed by atoms with van der Waals surface area (Å²) < 4.78 is 0. The molecule has 0 aliphatic heterocycles. The zero-order valence-corrected chi connectivity index (χ0v) is 9.84. The molecule has 14 heavy (non-hydrogen) atoms. The molecule has 0 aromatic heterocycles. The summed E-state index contributed by atoms with van der Waals surface area (Å²) in [7, 11) is 5.73. The Bertz CT molecular complexity index is 181. The van der Waals surface area contributed by atoms with Crippen LogP contribution in [0.15, 0.2) is 0 Å². The van der Waals surface area contributed by atoms with E-state index in [1.54, 1.807) is 6.92 Å². The smallest absolute Gasteiger partial charge is 0.112 e. The number of hydrogen-bond acceptors (Lipinski definition) is 1. The first-order valence-corrected chi connectivity index (χ1v) is 5.88. The highest BCUT2D eigenvalue weighted by Gasteiger charge is 2.39. The predicted molar refractivity (Wildman–Crippen MR) is 61.4 cm³/mol. The molecule has 0 saturated heterocycles. The highest BCUT2D eigenvalue weighted by molar-refractivity contribution is 6.13. The molecule has 0 aromatic rings. The summed E-state index contributed by atoms with van der Waals surface area (Å²) in [5, 5.41) is 9.73. The van der Waals surface area contributed by atoms with Crippen LogP contribution < -0.4 is 0 Å². The summed E-state index contributed by atoms with van der Waals surface area (Å²) in [5.41, 5.74) is -0.661. The second-order valence-corrected chi connectivity index (χ2v) is 5.63. The molecule has 3 atom stereocenters. The van der Waals surface area contributed by atoms with Crippen molar-refractivity contribution in [3.05, 3.63) is 0 Å². The fourth-order valence-electron chi connectivity index (χ4n) is 3.26. The zero-order chi connectivity index (χ0) is 10.8. The Morgan fingerprint density at radius 1 is 1.57 bits per heavy atom. The van der Waals surface area contributed by atoms with Gasteiger partial charge in [-0.05, 0) is 43.9 Å². The molecule has 3 unspecified atom stereocenters. The molecule has 1 aliphatic rings. The van der Waals surface area contributed by atoms with Crippen molar-refractivity contribution in [2.24, 2.45) is 11.3 Å². The van der Waals surface area contributed by atoms with E-state index in [-0.39, 0.29) is 0 Å². The molecule has 1 fully saturated rings. The lowest BCUT2D eigenvalue weighted by atomic mass is 9.66. The Labute approximate surface area is 89.7 Å². The molecule has 0 heterocycles. The first kappa shape index (κ1) is 12.1. The van der Waals surface area contributed by atoms with Crippen molar-refractivity contribution < 1.29 is 5.11 Å². The van der Waals surface area contributed by atoms with E-state index in [0.717, 1.165) is 12.3 Å². The summed E-state index contributed by atoms with van der Waals surface area (Å²) >= 11 is 0. The van der Waals surface area contributed by atoms with E-state index < -0.39 is 5.50 Å². The van der Waals surface area contributed by atoms with Gasteiger partial charge in [0.1, 0.15) is 7.85 Å². The van der Waals surface area contributed by atoms with E-state index in [1.807, 2.05) is 0 Å². The van der Waals surface area contributed by atoms with Crippen molar-refractivity contribution in [1.82, 2.24) is 0 Å². The Hall–Kier alpha value is 0.0249. The standard InChI is InChI=1S/C12H23BO/c1-4-6-12(9-11(3,13)14)7-5-10(2)8-12/h10,14H,4-9H2,1-3H3. The van der Waals surface area contributed by atoms with Crippen LogP contribution in [0, 0.1) is 11.3 Å². The van der Waals surface area contributed by atoms with Crippen molar-refractivity contribution in [3.8, 4) is 0 Å². The largest absolute Gasteiger partial charge is 0.400 e. The molecule has 0 amide bonds. The van der Waals surface area contributed by atoms with Gasteiger partial charge in [0.15, 0.2) is 0 Å². The van der Waals surface area contributed by atoms with E-state index >= 15 is 0 Å².